The van der Waals surface area contributed by atoms with Crippen molar-refractivity contribution in [2.24, 2.45) is 0 Å². The summed E-state index contributed by atoms with van der Waals surface area (Å²) in [4.78, 5) is 29.7. The predicted molar refractivity (Wildman–Crippen MR) is 93.6 cm³/mol. The molecule has 1 aromatic carbocycles. The van der Waals surface area contributed by atoms with Gasteiger partial charge in [-0.1, -0.05) is 11.3 Å². The van der Waals surface area contributed by atoms with Crippen LogP contribution in [-0.2, 0) is 9.59 Å². The Kier molecular flexibility index (Phi) is 5.51. The molecule has 1 aromatic heterocycles. The average molecular weight is 352 g/mol. The van der Waals surface area contributed by atoms with Crippen molar-refractivity contribution in [2.75, 3.05) is 25.5 Å². The highest BCUT2D eigenvalue weighted by Gasteiger charge is 2.17. The zero-order chi connectivity index (χ0) is 17.9. The van der Waals surface area contributed by atoms with E-state index >= 15 is 0 Å². The van der Waals surface area contributed by atoms with Crippen LogP contribution in [0, 0.1) is 5.82 Å². The molecule has 0 unspecified atom stereocenters. The minimum absolute atomic E-state index is 0.0574. The third-order valence-electron chi connectivity index (χ3n) is 2.94. The molecule has 0 saturated carbocycles. The van der Waals surface area contributed by atoms with Gasteiger partial charge in [0.05, 0.1) is 23.3 Å². The van der Waals surface area contributed by atoms with E-state index in [9.17, 15) is 14.0 Å². The summed E-state index contributed by atoms with van der Waals surface area (Å²) < 4.78 is 13.8. The Bertz CT molecular complexity index is 754. The van der Waals surface area contributed by atoms with Crippen LogP contribution in [0.15, 0.2) is 18.2 Å². The van der Waals surface area contributed by atoms with Gasteiger partial charge < -0.3 is 10.6 Å². The zero-order valence-electron chi connectivity index (χ0n) is 14.1. The number of carbonyl (C=O) groups is 2. The number of carbonyl (C=O) groups excluding carboxylic acids is 2. The van der Waals surface area contributed by atoms with E-state index < -0.39 is 0 Å². The first kappa shape index (κ1) is 18.3. The molecule has 0 fully saturated rings. The molecule has 6 nitrogen and oxygen atoms in total. The van der Waals surface area contributed by atoms with Crippen molar-refractivity contribution in [1.29, 1.82) is 0 Å². The lowest BCUT2D eigenvalue weighted by atomic mass is 10.1. The van der Waals surface area contributed by atoms with Crippen LogP contribution in [0.1, 0.15) is 20.8 Å². The molecule has 0 bridgehead atoms. The second-order valence-corrected chi connectivity index (χ2v) is 7.68. The van der Waals surface area contributed by atoms with E-state index in [4.69, 9.17) is 0 Å². The second kappa shape index (κ2) is 7.23. The number of rotatable bonds is 5. The molecule has 130 valence electrons. The highest BCUT2D eigenvalue weighted by atomic mass is 32.1. The Balaban J connectivity index is 1.88. The molecule has 0 spiro atoms. The molecule has 2 N–H and O–H groups in total. The molecule has 2 aromatic rings. The summed E-state index contributed by atoms with van der Waals surface area (Å²) in [5.41, 5.74) is 0.325. The van der Waals surface area contributed by atoms with E-state index in [-0.39, 0.29) is 36.3 Å². The summed E-state index contributed by atoms with van der Waals surface area (Å²) in [6, 6.07) is 4.28. The number of halogens is 1. The summed E-state index contributed by atoms with van der Waals surface area (Å²) in [5.74, 6) is -0.762. The van der Waals surface area contributed by atoms with Crippen LogP contribution in [0.4, 0.5) is 9.52 Å². The number of fused-ring (bicyclic) bond motifs is 1. The molecule has 0 radical (unpaired) electrons. The van der Waals surface area contributed by atoms with Gasteiger partial charge in [-0.3, -0.25) is 14.5 Å². The smallest absolute Gasteiger partial charge is 0.240 e. The maximum Gasteiger partial charge on any atom is 0.240 e. The maximum atomic E-state index is 13.2. The zero-order valence-corrected chi connectivity index (χ0v) is 15.0. The van der Waals surface area contributed by atoms with Gasteiger partial charge >= 0.3 is 0 Å². The van der Waals surface area contributed by atoms with Crippen molar-refractivity contribution in [1.82, 2.24) is 15.2 Å². The average Bonchev–Trinajstić information content (AvgIpc) is 2.76. The molecular weight excluding hydrogens is 331 g/mol. The van der Waals surface area contributed by atoms with Gasteiger partial charge in [0.2, 0.25) is 11.8 Å². The Morgan fingerprint density at radius 2 is 1.92 bits per heavy atom. The van der Waals surface area contributed by atoms with Crippen molar-refractivity contribution in [2.45, 2.75) is 26.3 Å². The van der Waals surface area contributed by atoms with E-state index in [0.29, 0.717) is 15.3 Å². The van der Waals surface area contributed by atoms with Crippen LogP contribution in [0.2, 0.25) is 0 Å². The number of anilines is 1. The number of hydrogen-bond donors (Lipinski definition) is 2. The number of hydrogen-bond acceptors (Lipinski definition) is 5. The van der Waals surface area contributed by atoms with E-state index in [1.165, 1.54) is 23.5 Å². The van der Waals surface area contributed by atoms with Crippen LogP contribution in [0.25, 0.3) is 10.2 Å². The fraction of sp³-hybridized carbons (Fsp3) is 0.438. The fourth-order valence-electron chi connectivity index (χ4n) is 2.11. The summed E-state index contributed by atoms with van der Waals surface area (Å²) in [7, 11) is 1.69. The lowest BCUT2D eigenvalue weighted by Crippen LogP contribution is -2.46. The van der Waals surface area contributed by atoms with E-state index in [2.05, 4.69) is 15.6 Å². The second-order valence-electron chi connectivity index (χ2n) is 6.65. The number of benzene rings is 1. The molecule has 0 saturated heterocycles. The first-order valence-corrected chi connectivity index (χ1v) is 8.29. The summed E-state index contributed by atoms with van der Waals surface area (Å²) in [6.07, 6.45) is 0. The Hall–Kier alpha value is -2.06. The number of likely N-dealkylation sites (N-methyl/N-ethyl adjacent to an activating group) is 1. The molecule has 0 aliphatic heterocycles. The largest absolute Gasteiger partial charge is 0.350 e. The van der Waals surface area contributed by atoms with Crippen LogP contribution in [0.5, 0.6) is 0 Å². The summed E-state index contributed by atoms with van der Waals surface area (Å²) >= 11 is 1.21. The van der Waals surface area contributed by atoms with Crippen molar-refractivity contribution < 1.29 is 14.0 Å². The molecular formula is C16H21FN4O2S. The number of aromatic nitrogens is 1. The molecule has 0 atom stereocenters. The van der Waals surface area contributed by atoms with Gasteiger partial charge in [-0.2, -0.15) is 0 Å². The van der Waals surface area contributed by atoms with Crippen LogP contribution < -0.4 is 10.6 Å². The van der Waals surface area contributed by atoms with E-state index in [1.807, 2.05) is 20.8 Å². The number of nitrogens with zero attached hydrogens (tertiary/aromatic N) is 2. The van der Waals surface area contributed by atoms with Gasteiger partial charge in [-0.25, -0.2) is 9.37 Å². The third kappa shape index (κ3) is 5.54. The fourth-order valence-corrected chi connectivity index (χ4v) is 3.02. The van der Waals surface area contributed by atoms with E-state index in [0.717, 1.165) is 0 Å². The van der Waals surface area contributed by atoms with Gasteiger partial charge in [-0.05, 0) is 46.0 Å². The number of thiazole rings is 1. The SMILES string of the molecule is CN(CC(=O)Nc1nc2ccc(F)cc2s1)CC(=O)NC(C)(C)C. The molecule has 1 heterocycles. The lowest BCUT2D eigenvalue weighted by Gasteiger charge is -2.23. The quantitative estimate of drug-likeness (QED) is 0.865. The molecule has 2 rings (SSSR count). The molecule has 8 heteroatoms. The van der Waals surface area contributed by atoms with Gasteiger partial charge in [0, 0.05) is 5.54 Å². The predicted octanol–water partition coefficient (Wildman–Crippen LogP) is 2.22. The first-order chi connectivity index (χ1) is 11.1. The molecule has 2 amide bonds. The summed E-state index contributed by atoms with van der Waals surface area (Å²) in [6.45, 7) is 5.87. The van der Waals surface area contributed by atoms with Crippen LogP contribution in [0.3, 0.4) is 0 Å². The molecule has 24 heavy (non-hydrogen) atoms. The maximum absolute atomic E-state index is 13.2. The number of nitrogens with one attached hydrogen (secondary N) is 2. The van der Waals surface area contributed by atoms with Crippen LogP contribution >= 0.6 is 11.3 Å². The van der Waals surface area contributed by atoms with Crippen molar-refractivity contribution in [3.05, 3.63) is 24.0 Å². The summed E-state index contributed by atoms with van der Waals surface area (Å²) in [5, 5.41) is 5.92. The topological polar surface area (TPSA) is 74.3 Å². The van der Waals surface area contributed by atoms with Gasteiger partial charge in [-0.15, -0.1) is 0 Å². The third-order valence-corrected chi connectivity index (χ3v) is 3.87. The standard InChI is InChI=1S/C16H21FN4O2S/c1-16(2,3)20-14(23)9-21(4)8-13(22)19-15-18-11-6-5-10(17)7-12(11)24-15/h5-7H,8-9H2,1-4H3,(H,20,23)(H,18,19,22). The van der Waals surface area contributed by atoms with Gasteiger partial charge in [0.15, 0.2) is 5.13 Å². The first-order valence-electron chi connectivity index (χ1n) is 7.48. The monoisotopic (exact) mass is 352 g/mol. The molecule has 0 aliphatic rings. The van der Waals surface area contributed by atoms with Crippen molar-refractivity contribution >= 4 is 38.5 Å². The minimum atomic E-state index is -0.339. The highest BCUT2D eigenvalue weighted by molar-refractivity contribution is 7.22. The Morgan fingerprint density at radius 1 is 1.25 bits per heavy atom. The lowest BCUT2D eigenvalue weighted by molar-refractivity contribution is -0.124. The highest BCUT2D eigenvalue weighted by Crippen LogP contribution is 2.26. The number of amides is 2. The van der Waals surface area contributed by atoms with Gasteiger partial charge in [0.25, 0.3) is 0 Å². The van der Waals surface area contributed by atoms with Gasteiger partial charge in [0.1, 0.15) is 5.82 Å². The Morgan fingerprint density at radius 3 is 2.58 bits per heavy atom. The minimum Gasteiger partial charge on any atom is -0.350 e. The van der Waals surface area contributed by atoms with Crippen molar-refractivity contribution in [3.8, 4) is 0 Å². The van der Waals surface area contributed by atoms with E-state index in [1.54, 1.807) is 18.0 Å². The van der Waals surface area contributed by atoms with Crippen molar-refractivity contribution in [3.63, 3.8) is 0 Å². The normalized spacial score (nSPS) is 11.8. The molecule has 0 aliphatic carbocycles. The Labute approximate surface area is 144 Å². The van der Waals surface area contributed by atoms with Crippen LogP contribution in [-0.4, -0.2) is 47.4 Å².